The number of benzene rings is 2. The van der Waals surface area contributed by atoms with Crippen molar-refractivity contribution in [3.63, 3.8) is 0 Å². The molecule has 6 nitrogen and oxygen atoms in total. The highest BCUT2D eigenvalue weighted by atomic mass is 16.2. The zero-order valence-corrected chi connectivity index (χ0v) is 18.0. The van der Waals surface area contributed by atoms with Gasteiger partial charge in [-0.1, -0.05) is 0 Å². The van der Waals surface area contributed by atoms with Crippen molar-refractivity contribution in [3.8, 4) is 5.69 Å². The molecule has 3 aromatic rings. The number of hydrogen-bond donors (Lipinski definition) is 1. The van der Waals surface area contributed by atoms with Gasteiger partial charge in [0, 0.05) is 68.1 Å². The number of carbonyl (C=O) groups excluding carboxylic acids is 2. The standard InChI is InChI=1S/C25H28N4O2/c1-27(2)22-9-5-19(6-10-22)24(30)26-21-13-17-29(18-14-21)25(31)20-7-11-23(12-8-20)28-15-3-4-16-28/h3-12,15-16,21H,13-14,17-18H2,1-2H3,(H,26,30). The average Bonchev–Trinajstić information content (AvgIpc) is 3.34. The summed E-state index contributed by atoms with van der Waals surface area (Å²) in [7, 11) is 3.95. The molecular formula is C25H28N4O2. The molecule has 1 N–H and O–H groups in total. The van der Waals surface area contributed by atoms with Gasteiger partial charge in [0.25, 0.3) is 11.8 Å². The molecule has 1 fully saturated rings. The normalized spacial score (nSPS) is 14.3. The topological polar surface area (TPSA) is 57.6 Å². The summed E-state index contributed by atoms with van der Waals surface area (Å²) in [6.07, 6.45) is 5.47. The van der Waals surface area contributed by atoms with Gasteiger partial charge in [-0.15, -0.1) is 0 Å². The summed E-state index contributed by atoms with van der Waals surface area (Å²) in [5.41, 5.74) is 3.44. The Hall–Kier alpha value is -3.54. The lowest BCUT2D eigenvalue weighted by Gasteiger charge is -2.32. The molecule has 31 heavy (non-hydrogen) atoms. The summed E-state index contributed by atoms with van der Waals surface area (Å²) < 4.78 is 2.01. The van der Waals surface area contributed by atoms with Crippen LogP contribution in [0.15, 0.2) is 73.1 Å². The molecule has 2 heterocycles. The Morgan fingerprint density at radius 2 is 1.45 bits per heavy atom. The summed E-state index contributed by atoms with van der Waals surface area (Å²) in [6, 6.07) is 19.3. The Kier molecular flexibility index (Phi) is 6.07. The third-order valence-electron chi connectivity index (χ3n) is 5.78. The lowest BCUT2D eigenvalue weighted by atomic mass is 10.0. The third-order valence-corrected chi connectivity index (χ3v) is 5.78. The Balaban J connectivity index is 1.30. The first kappa shape index (κ1) is 20.7. The van der Waals surface area contributed by atoms with Crippen LogP contribution < -0.4 is 10.2 Å². The van der Waals surface area contributed by atoms with Gasteiger partial charge in [-0.25, -0.2) is 0 Å². The van der Waals surface area contributed by atoms with Crippen LogP contribution in [-0.2, 0) is 0 Å². The molecule has 0 spiro atoms. The number of rotatable bonds is 5. The molecule has 160 valence electrons. The summed E-state index contributed by atoms with van der Waals surface area (Å²) in [4.78, 5) is 29.3. The molecule has 6 heteroatoms. The number of piperidine rings is 1. The predicted octanol–water partition coefficient (Wildman–Crippen LogP) is 3.58. The van der Waals surface area contributed by atoms with Crippen molar-refractivity contribution in [2.45, 2.75) is 18.9 Å². The Labute approximate surface area is 183 Å². The van der Waals surface area contributed by atoms with E-state index in [4.69, 9.17) is 0 Å². The Morgan fingerprint density at radius 1 is 0.871 bits per heavy atom. The zero-order chi connectivity index (χ0) is 21.8. The first-order valence-corrected chi connectivity index (χ1v) is 10.6. The van der Waals surface area contributed by atoms with Crippen LogP contribution in [0.5, 0.6) is 0 Å². The van der Waals surface area contributed by atoms with Gasteiger partial charge in [0.1, 0.15) is 0 Å². The number of nitrogens with zero attached hydrogens (tertiary/aromatic N) is 3. The van der Waals surface area contributed by atoms with Gasteiger partial charge in [-0.05, 0) is 73.5 Å². The Morgan fingerprint density at radius 3 is 2.03 bits per heavy atom. The fraction of sp³-hybridized carbons (Fsp3) is 0.280. The van der Waals surface area contributed by atoms with Gasteiger partial charge < -0.3 is 19.7 Å². The van der Waals surface area contributed by atoms with Crippen LogP contribution in [0, 0.1) is 0 Å². The molecular weight excluding hydrogens is 388 g/mol. The predicted molar refractivity (Wildman–Crippen MR) is 123 cm³/mol. The van der Waals surface area contributed by atoms with Gasteiger partial charge in [-0.2, -0.15) is 0 Å². The zero-order valence-electron chi connectivity index (χ0n) is 18.0. The van der Waals surface area contributed by atoms with Crippen LogP contribution in [0.1, 0.15) is 33.6 Å². The van der Waals surface area contributed by atoms with Crippen LogP contribution in [-0.4, -0.2) is 54.5 Å². The molecule has 1 aliphatic heterocycles. The number of aromatic nitrogens is 1. The maximum atomic E-state index is 12.9. The molecule has 0 bridgehead atoms. The third kappa shape index (κ3) is 4.79. The fourth-order valence-corrected chi connectivity index (χ4v) is 3.87. The smallest absolute Gasteiger partial charge is 0.253 e. The van der Waals surface area contributed by atoms with Crippen molar-refractivity contribution in [2.75, 3.05) is 32.1 Å². The van der Waals surface area contributed by atoms with Crippen molar-refractivity contribution in [3.05, 3.63) is 84.2 Å². The lowest BCUT2D eigenvalue weighted by molar-refractivity contribution is 0.0698. The number of carbonyl (C=O) groups is 2. The van der Waals surface area contributed by atoms with Crippen LogP contribution in [0.25, 0.3) is 5.69 Å². The molecule has 0 atom stereocenters. The lowest BCUT2D eigenvalue weighted by Crippen LogP contribution is -2.46. The van der Waals surface area contributed by atoms with E-state index in [9.17, 15) is 9.59 Å². The minimum absolute atomic E-state index is 0.0445. The van der Waals surface area contributed by atoms with E-state index in [0.717, 1.165) is 24.2 Å². The summed E-state index contributed by atoms with van der Waals surface area (Å²) in [5.74, 6) is -0.0150. The quantitative estimate of drug-likeness (QED) is 0.692. The van der Waals surface area contributed by atoms with E-state index in [0.29, 0.717) is 24.2 Å². The molecule has 0 radical (unpaired) electrons. The molecule has 0 aliphatic carbocycles. The number of anilines is 1. The molecule has 1 aromatic heterocycles. The molecule has 1 aliphatic rings. The van der Waals surface area contributed by atoms with E-state index in [2.05, 4.69) is 5.32 Å². The molecule has 2 amide bonds. The highest BCUT2D eigenvalue weighted by molar-refractivity contribution is 5.95. The van der Waals surface area contributed by atoms with Crippen molar-refractivity contribution in [1.29, 1.82) is 0 Å². The SMILES string of the molecule is CN(C)c1ccc(C(=O)NC2CCN(C(=O)c3ccc(-n4cccc4)cc3)CC2)cc1. The highest BCUT2D eigenvalue weighted by Gasteiger charge is 2.25. The van der Waals surface area contributed by atoms with Crippen LogP contribution >= 0.6 is 0 Å². The largest absolute Gasteiger partial charge is 0.378 e. The maximum Gasteiger partial charge on any atom is 0.253 e. The van der Waals surface area contributed by atoms with Gasteiger partial charge in [-0.3, -0.25) is 9.59 Å². The van der Waals surface area contributed by atoms with E-state index in [1.165, 1.54) is 0 Å². The summed E-state index contributed by atoms with van der Waals surface area (Å²) in [5, 5.41) is 3.11. The van der Waals surface area contributed by atoms with Gasteiger partial charge in [0.15, 0.2) is 0 Å². The second-order valence-corrected chi connectivity index (χ2v) is 8.12. The second kappa shape index (κ2) is 9.08. The average molecular weight is 417 g/mol. The van der Waals surface area contributed by atoms with Gasteiger partial charge in [0.2, 0.25) is 0 Å². The highest BCUT2D eigenvalue weighted by Crippen LogP contribution is 2.17. The monoisotopic (exact) mass is 416 g/mol. The van der Waals surface area contributed by atoms with Crippen LogP contribution in [0.2, 0.25) is 0 Å². The molecule has 2 aromatic carbocycles. The van der Waals surface area contributed by atoms with Crippen LogP contribution in [0.3, 0.4) is 0 Å². The van der Waals surface area contributed by atoms with Crippen molar-refractivity contribution in [2.24, 2.45) is 0 Å². The van der Waals surface area contributed by atoms with Crippen molar-refractivity contribution in [1.82, 2.24) is 14.8 Å². The van der Waals surface area contributed by atoms with E-state index < -0.39 is 0 Å². The maximum absolute atomic E-state index is 12.9. The summed E-state index contributed by atoms with van der Waals surface area (Å²) in [6.45, 7) is 1.28. The number of hydrogen-bond acceptors (Lipinski definition) is 3. The first-order chi connectivity index (χ1) is 15.0. The second-order valence-electron chi connectivity index (χ2n) is 8.12. The Bertz CT molecular complexity index is 1020. The van der Waals surface area contributed by atoms with E-state index in [1.807, 2.05) is 102 Å². The van der Waals surface area contributed by atoms with Gasteiger partial charge >= 0.3 is 0 Å². The fourth-order valence-electron chi connectivity index (χ4n) is 3.87. The summed E-state index contributed by atoms with van der Waals surface area (Å²) >= 11 is 0. The minimum Gasteiger partial charge on any atom is -0.378 e. The molecule has 4 rings (SSSR count). The number of nitrogens with one attached hydrogen (secondary N) is 1. The van der Waals surface area contributed by atoms with Crippen LogP contribution in [0.4, 0.5) is 5.69 Å². The van der Waals surface area contributed by atoms with E-state index in [1.54, 1.807) is 0 Å². The van der Waals surface area contributed by atoms with Crippen molar-refractivity contribution >= 4 is 17.5 Å². The van der Waals surface area contributed by atoms with Gasteiger partial charge in [0.05, 0.1) is 0 Å². The first-order valence-electron chi connectivity index (χ1n) is 10.6. The number of likely N-dealkylation sites (tertiary alicyclic amines) is 1. The number of amides is 2. The van der Waals surface area contributed by atoms with E-state index in [-0.39, 0.29) is 17.9 Å². The molecule has 0 saturated carbocycles. The minimum atomic E-state index is -0.0596. The van der Waals surface area contributed by atoms with Crippen molar-refractivity contribution < 1.29 is 9.59 Å². The molecule has 1 saturated heterocycles. The van der Waals surface area contributed by atoms with E-state index >= 15 is 0 Å². The molecule has 0 unspecified atom stereocenters.